The Labute approximate surface area is 119 Å². The summed E-state index contributed by atoms with van der Waals surface area (Å²) in [5, 5.41) is 0. The van der Waals surface area contributed by atoms with Gasteiger partial charge in [0.25, 0.3) is 0 Å². The van der Waals surface area contributed by atoms with Crippen LogP contribution in [0.4, 0.5) is 5.69 Å². The lowest BCUT2D eigenvalue weighted by atomic mass is 10.0. The van der Waals surface area contributed by atoms with E-state index in [9.17, 15) is 0 Å². The smallest absolute Gasteiger partial charge is 0.134 e. The van der Waals surface area contributed by atoms with Crippen LogP contribution in [-0.2, 0) is 0 Å². The van der Waals surface area contributed by atoms with Gasteiger partial charge in [0.2, 0.25) is 0 Å². The molecular weight excluding hydrogens is 254 g/mol. The minimum absolute atomic E-state index is 0.683. The first-order valence-corrected chi connectivity index (χ1v) is 6.27. The molecule has 0 unspecified atom stereocenters. The van der Waals surface area contributed by atoms with E-state index in [1.165, 1.54) is 0 Å². The maximum absolute atomic E-state index is 5.99. The van der Waals surface area contributed by atoms with Gasteiger partial charge in [0.05, 0.1) is 26.9 Å². The number of methoxy groups -OCH3 is 3. The van der Waals surface area contributed by atoms with Crippen molar-refractivity contribution in [3.05, 3.63) is 35.9 Å². The molecule has 106 valence electrons. The average molecular weight is 273 g/mol. The monoisotopic (exact) mass is 273 g/mol. The zero-order valence-corrected chi connectivity index (χ0v) is 12.2. The summed E-state index contributed by atoms with van der Waals surface area (Å²) in [6.45, 7) is 1.97. The Morgan fingerprint density at radius 3 is 1.90 bits per heavy atom. The van der Waals surface area contributed by atoms with E-state index in [4.69, 9.17) is 19.9 Å². The molecule has 0 aliphatic heterocycles. The van der Waals surface area contributed by atoms with Crippen molar-refractivity contribution in [3.8, 4) is 28.4 Å². The second kappa shape index (κ2) is 5.74. The lowest BCUT2D eigenvalue weighted by molar-refractivity contribution is 0.377. The molecule has 20 heavy (non-hydrogen) atoms. The Morgan fingerprint density at radius 2 is 1.45 bits per heavy atom. The lowest BCUT2D eigenvalue weighted by Crippen LogP contribution is -1.96. The number of hydrogen-bond donors (Lipinski definition) is 1. The number of nitrogens with two attached hydrogens (primary N) is 1. The fourth-order valence-electron chi connectivity index (χ4n) is 2.09. The van der Waals surface area contributed by atoms with E-state index in [0.717, 1.165) is 22.4 Å². The summed E-state index contributed by atoms with van der Waals surface area (Å²) in [6.07, 6.45) is 0. The number of anilines is 1. The normalized spacial score (nSPS) is 10.2. The van der Waals surface area contributed by atoms with Crippen LogP contribution in [0.15, 0.2) is 30.3 Å². The van der Waals surface area contributed by atoms with Gasteiger partial charge in [0.1, 0.15) is 17.2 Å². The van der Waals surface area contributed by atoms with Crippen molar-refractivity contribution < 1.29 is 14.2 Å². The van der Waals surface area contributed by atoms with Crippen LogP contribution < -0.4 is 19.9 Å². The van der Waals surface area contributed by atoms with E-state index in [1.54, 1.807) is 21.3 Å². The highest BCUT2D eigenvalue weighted by Crippen LogP contribution is 2.42. The molecule has 2 N–H and O–H groups in total. The van der Waals surface area contributed by atoms with Crippen LogP contribution in [0.1, 0.15) is 5.56 Å². The highest BCUT2D eigenvalue weighted by Gasteiger charge is 2.15. The molecule has 0 bridgehead atoms. The molecule has 2 aromatic carbocycles. The summed E-state index contributed by atoms with van der Waals surface area (Å²) in [4.78, 5) is 0. The number of nitrogen functional groups attached to an aromatic ring is 1. The summed E-state index contributed by atoms with van der Waals surface area (Å²) >= 11 is 0. The van der Waals surface area contributed by atoms with Gasteiger partial charge < -0.3 is 19.9 Å². The maximum Gasteiger partial charge on any atom is 0.134 e. The van der Waals surface area contributed by atoms with E-state index in [-0.39, 0.29) is 0 Å². The van der Waals surface area contributed by atoms with Crippen LogP contribution in [0.3, 0.4) is 0 Å². The summed E-state index contributed by atoms with van der Waals surface area (Å²) in [7, 11) is 4.85. The van der Waals surface area contributed by atoms with Crippen LogP contribution in [0, 0.1) is 6.92 Å². The quantitative estimate of drug-likeness (QED) is 0.869. The van der Waals surface area contributed by atoms with E-state index in [1.807, 2.05) is 37.3 Å². The van der Waals surface area contributed by atoms with Crippen molar-refractivity contribution in [1.29, 1.82) is 0 Å². The van der Waals surface area contributed by atoms with Gasteiger partial charge in [-0.15, -0.1) is 0 Å². The Balaban J connectivity index is 2.67. The van der Waals surface area contributed by atoms with Crippen molar-refractivity contribution >= 4 is 5.69 Å². The molecule has 0 aromatic heterocycles. The number of rotatable bonds is 4. The molecule has 0 radical (unpaired) electrons. The third kappa shape index (κ3) is 2.50. The van der Waals surface area contributed by atoms with Crippen molar-refractivity contribution in [3.63, 3.8) is 0 Å². The first-order valence-electron chi connectivity index (χ1n) is 6.27. The van der Waals surface area contributed by atoms with Crippen molar-refractivity contribution in [2.45, 2.75) is 6.92 Å². The Hall–Kier alpha value is -2.36. The molecule has 0 fully saturated rings. The molecule has 0 atom stereocenters. The summed E-state index contributed by atoms with van der Waals surface area (Å²) in [5.41, 5.74) is 9.58. The highest BCUT2D eigenvalue weighted by atomic mass is 16.5. The Kier molecular flexibility index (Phi) is 4.03. The number of ether oxygens (including phenoxy) is 3. The zero-order chi connectivity index (χ0) is 14.7. The lowest BCUT2D eigenvalue weighted by Gasteiger charge is -2.16. The van der Waals surface area contributed by atoms with Crippen LogP contribution in [0.2, 0.25) is 0 Å². The summed E-state index contributed by atoms with van der Waals surface area (Å²) in [6, 6.07) is 9.55. The van der Waals surface area contributed by atoms with Gasteiger partial charge in [-0.2, -0.15) is 0 Å². The van der Waals surface area contributed by atoms with Gasteiger partial charge in [-0.1, -0.05) is 12.1 Å². The second-order valence-corrected chi connectivity index (χ2v) is 4.48. The summed E-state index contributed by atoms with van der Waals surface area (Å²) < 4.78 is 16.2. The predicted molar refractivity (Wildman–Crippen MR) is 80.7 cm³/mol. The standard InChI is InChI=1S/C16H19NO3/c1-10-5-6-11(7-13(10)17)16-14(19-3)8-12(18-2)9-15(16)20-4/h5-9H,17H2,1-4H3. The molecule has 0 heterocycles. The van der Waals surface area contributed by atoms with Gasteiger partial charge >= 0.3 is 0 Å². The predicted octanol–water partition coefficient (Wildman–Crippen LogP) is 3.27. The van der Waals surface area contributed by atoms with Crippen molar-refractivity contribution in [1.82, 2.24) is 0 Å². The Morgan fingerprint density at radius 1 is 0.850 bits per heavy atom. The number of aryl methyl sites for hydroxylation is 1. The van der Waals surface area contributed by atoms with E-state index in [0.29, 0.717) is 17.2 Å². The summed E-state index contributed by atoms with van der Waals surface area (Å²) in [5.74, 6) is 2.05. The van der Waals surface area contributed by atoms with E-state index < -0.39 is 0 Å². The van der Waals surface area contributed by atoms with Crippen LogP contribution in [-0.4, -0.2) is 21.3 Å². The SMILES string of the molecule is COc1cc(OC)c(-c2ccc(C)c(N)c2)c(OC)c1. The average Bonchev–Trinajstić information content (AvgIpc) is 2.48. The maximum atomic E-state index is 5.99. The van der Waals surface area contributed by atoms with Crippen molar-refractivity contribution in [2.75, 3.05) is 27.1 Å². The molecule has 0 spiro atoms. The molecule has 4 heteroatoms. The third-order valence-electron chi connectivity index (χ3n) is 3.28. The fourth-order valence-corrected chi connectivity index (χ4v) is 2.09. The van der Waals surface area contributed by atoms with Crippen LogP contribution in [0.5, 0.6) is 17.2 Å². The molecular formula is C16H19NO3. The molecule has 2 aromatic rings. The van der Waals surface area contributed by atoms with Gasteiger partial charge in [0.15, 0.2) is 0 Å². The second-order valence-electron chi connectivity index (χ2n) is 4.48. The largest absolute Gasteiger partial charge is 0.496 e. The molecule has 2 rings (SSSR count). The highest BCUT2D eigenvalue weighted by molar-refractivity contribution is 5.80. The molecule has 0 amide bonds. The minimum atomic E-state index is 0.683. The van der Waals surface area contributed by atoms with Crippen LogP contribution >= 0.6 is 0 Å². The topological polar surface area (TPSA) is 53.7 Å². The number of benzene rings is 2. The van der Waals surface area contributed by atoms with Gasteiger partial charge in [-0.05, 0) is 24.1 Å². The van der Waals surface area contributed by atoms with E-state index >= 15 is 0 Å². The molecule has 4 nitrogen and oxygen atoms in total. The minimum Gasteiger partial charge on any atom is -0.496 e. The van der Waals surface area contributed by atoms with Gasteiger partial charge in [-0.25, -0.2) is 0 Å². The van der Waals surface area contributed by atoms with Gasteiger partial charge in [-0.3, -0.25) is 0 Å². The van der Waals surface area contributed by atoms with Crippen molar-refractivity contribution in [2.24, 2.45) is 0 Å². The zero-order valence-electron chi connectivity index (χ0n) is 12.2. The molecule has 0 saturated carbocycles. The van der Waals surface area contributed by atoms with Gasteiger partial charge in [0, 0.05) is 17.8 Å². The first-order chi connectivity index (χ1) is 9.60. The van der Waals surface area contributed by atoms with E-state index in [2.05, 4.69) is 0 Å². The Bertz CT molecular complexity index is 598. The number of hydrogen-bond acceptors (Lipinski definition) is 4. The first kappa shape index (κ1) is 14.1. The molecule has 0 aliphatic rings. The molecule has 0 aliphatic carbocycles. The third-order valence-corrected chi connectivity index (χ3v) is 3.28. The molecule has 0 saturated heterocycles. The van der Waals surface area contributed by atoms with Crippen LogP contribution in [0.25, 0.3) is 11.1 Å². The fraction of sp³-hybridized carbons (Fsp3) is 0.250.